The van der Waals surface area contributed by atoms with E-state index in [1.54, 1.807) is 0 Å². The van der Waals surface area contributed by atoms with Crippen LogP contribution in [0.5, 0.6) is 0 Å². The predicted octanol–water partition coefficient (Wildman–Crippen LogP) is 2.78. The van der Waals surface area contributed by atoms with Gasteiger partial charge in [0.1, 0.15) is 0 Å². The highest BCUT2D eigenvalue weighted by Crippen LogP contribution is 2.24. The number of ether oxygens (including phenoxy) is 1. The Morgan fingerprint density at radius 2 is 2.05 bits per heavy atom. The summed E-state index contributed by atoms with van der Waals surface area (Å²) in [4.78, 5) is 11.3. The lowest BCUT2D eigenvalue weighted by molar-refractivity contribution is -0.142. The van der Waals surface area contributed by atoms with Crippen molar-refractivity contribution in [2.24, 2.45) is 0 Å². The van der Waals surface area contributed by atoms with Crippen molar-refractivity contribution in [1.82, 2.24) is 5.32 Å². The van der Waals surface area contributed by atoms with Crippen LogP contribution in [0.1, 0.15) is 49.4 Å². The molecule has 2 rings (SSSR count). The van der Waals surface area contributed by atoms with E-state index in [4.69, 9.17) is 4.74 Å². The molecule has 1 aliphatic rings. The molecular weight excluding hydrogens is 238 g/mol. The largest absolute Gasteiger partial charge is 0.465 e. The molecule has 0 amide bonds. The first-order chi connectivity index (χ1) is 9.20. The van der Waals surface area contributed by atoms with Gasteiger partial charge in [-0.25, -0.2) is 0 Å². The van der Waals surface area contributed by atoms with Gasteiger partial charge in [-0.05, 0) is 56.2 Å². The van der Waals surface area contributed by atoms with Crippen molar-refractivity contribution < 1.29 is 9.53 Å². The molecule has 1 atom stereocenters. The zero-order chi connectivity index (χ0) is 13.7. The summed E-state index contributed by atoms with van der Waals surface area (Å²) < 4.78 is 4.92. The summed E-state index contributed by atoms with van der Waals surface area (Å²) >= 11 is 0. The SMILES string of the molecule is CCOC(=O)CNC(C)c1ccc2c(c1)CCCC2. The van der Waals surface area contributed by atoms with E-state index in [9.17, 15) is 4.79 Å². The second-order valence-electron chi connectivity index (χ2n) is 5.14. The molecule has 0 bridgehead atoms. The molecule has 1 unspecified atom stereocenters. The standard InChI is InChI=1S/C16H23NO2/c1-3-19-16(18)11-17-12(2)14-9-8-13-6-4-5-7-15(13)10-14/h8-10,12,17H,3-7,11H2,1-2H3. The van der Waals surface area contributed by atoms with Gasteiger partial charge in [0, 0.05) is 6.04 Å². The van der Waals surface area contributed by atoms with Crippen molar-refractivity contribution in [3.63, 3.8) is 0 Å². The van der Waals surface area contributed by atoms with Gasteiger partial charge in [0.15, 0.2) is 0 Å². The first-order valence-electron chi connectivity index (χ1n) is 7.21. The quantitative estimate of drug-likeness (QED) is 0.828. The lowest BCUT2D eigenvalue weighted by atomic mass is 9.89. The third-order valence-electron chi connectivity index (χ3n) is 3.73. The Morgan fingerprint density at radius 3 is 2.79 bits per heavy atom. The van der Waals surface area contributed by atoms with E-state index in [0.29, 0.717) is 6.61 Å². The number of carbonyl (C=O) groups is 1. The Hall–Kier alpha value is -1.35. The van der Waals surface area contributed by atoms with Gasteiger partial charge in [-0.2, -0.15) is 0 Å². The maximum absolute atomic E-state index is 11.3. The van der Waals surface area contributed by atoms with Crippen molar-refractivity contribution in [2.45, 2.75) is 45.6 Å². The number of aryl methyl sites for hydroxylation is 2. The molecule has 0 spiro atoms. The van der Waals surface area contributed by atoms with E-state index in [0.717, 1.165) is 0 Å². The van der Waals surface area contributed by atoms with Crippen LogP contribution in [0.15, 0.2) is 18.2 Å². The van der Waals surface area contributed by atoms with Gasteiger partial charge < -0.3 is 10.1 Å². The minimum absolute atomic E-state index is 0.177. The number of rotatable bonds is 5. The molecule has 3 nitrogen and oxygen atoms in total. The van der Waals surface area contributed by atoms with E-state index in [1.165, 1.54) is 42.4 Å². The summed E-state index contributed by atoms with van der Waals surface area (Å²) in [6.45, 7) is 4.62. The van der Waals surface area contributed by atoms with Crippen molar-refractivity contribution in [3.05, 3.63) is 34.9 Å². The van der Waals surface area contributed by atoms with Crippen LogP contribution in [0.3, 0.4) is 0 Å². The van der Waals surface area contributed by atoms with Gasteiger partial charge in [0.25, 0.3) is 0 Å². The number of nitrogens with one attached hydrogen (secondary N) is 1. The van der Waals surface area contributed by atoms with Gasteiger partial charge in [-0.15, -0.1) is 0 Å². The Morgan fingerprint density at radius 1 is 1.32 bits per heavy atom. The molecule has 1 aliphatic carbocycles. The molecule has 0 aromatic heterocycles. The minimum Gasteiger partial charge on any atom is -0.465 e. The fourth-order valence-electron chi connectivity index (χ4n) is 2.59. The van der Waals surface area contributed by atoms with Gasteiger partial charge in [-0.3, -0.25) is 4.79 Å². The van der Waals surface area contributed by atoms with Crippen LogP contribution in [-0.2, 0) is 22.4 Å². The topological polar surface area (TPSA) is 38.3 Å². The third-order valence-corrected chi connectivity index (χ3v) is 3.73. The molecule has 0 aliphatic heterocycles. The number of benzene rings is 1. The summed E-state index contributed by atoms with van der Waals surface area (Å²) in [7, 11) is 0. The highest BCUT2D eigenvalue weighted by atomic mass is 16.5. The Labute approximate surface area is 115 Å². The zero-order valence-electron chi connectivity index (χ0n) is 11.9. The monoisotopic (exact) mass is 261 g/mol. The normalized spacial score (nSPS) is 15.7. The van der Waals surface area contributed by atoms with E-state index in [-0.39, 0.29) is 18.6 Å². The smallest absolute Gasteiger partial charge is 0.319 e. The molecule has 0 heterocycles. The highest BCUT2D eigenvalue weighted by Gasteiger charge is 2.13. The lowest BCUT2D eigenvalue weighted by Crippen LogP contribution is -2.27. The minimum atomic E-state index is -0.188. The van der Waals surface area contributed by atoms with Gasteiger partial charge in [0.05, 0.1) is 13.2 Å². The van der Waals surface area contributed by atoms with Crippen molar-refractivity contribution in [1.29, 1.82) is 0 Å². The molecule has 0 radical (unpaired) electrons. The number of carbonyl (C=O) groups excluding carboxylic acids is 1. The highest BCUT2D eigenvalue weighted by molar-refractivity contribution is 5.71. The Bertz CT molecular complexity index is 442. The Kier molecular flexibility index (Phi) is 4.97. The molecule has 1 N–H and O–H groups in total. The summed E-state index contributed by atoms with van der Waals surface area (Å²) in [5, 5.41) is 3.22. The van der Waals surface area contributed by atoms with Crippen LogP contribution in [0, 0.1) is 0 Å². The summed E-state index contributed by atoms with van der Waals surface area (Å²) in [5.41, 5.74) is 4.23. The van der Waals surface area contributed by atoms with Crippen molar-refractivity contribution >= 4 is 5.97 Å². The molecule has 1 aromatic rings. The van der Waals surface area contributed by atoms with Gasteiger partial charge >= 0.3 is 5.97 Å². The van der Waals surface area contributed by atoms with Gasteiger partial charge in [0.2, 0.25) is 0 Å². The van der Waals surface area contributed by atoms with Gasteiger partial charge in [-0.1, -0.05) is 18.2 Å². The van der Waals surface area contributed by atoms with Crippen LogP contribution < -0.4 is 5.32 Å². The summed E-state index contributed by atoms with van der Waals surface area (Å²) in [5.74, 6) is -0.188. The summed E-state index contributed by atoms with van der Waals surface area (Å²) in [6, 6.07) is 6.88. The summed E-state index contributed by atoms with van der Waals surface area (Å²) in [6.07, 6.45) is 5.00. The second kappa shape index (κ2) is 6.71. The molecule has 0 saturated carbocycles. The average Bonchev–Trinajstić information content (AvgIpc) is 2.44. The van der Waals surface area contributed by atoms with E-state index in [2.05, 4.69) is 30.4 Å². The van der Waals surface area contributed by atoms with E-state index < -0.39 is 0 Å². The van der Waals surface area contributed by atoms with E-state index >= 15 is 0 Å². The van der Waals surface area contributed by atoms with Crippen molar-refractivity contribution in [2.75, 3.05) is 13.2 Å². The van der Waals surface area contributed by atoms with Crippen LogP contribution >= 0.6 is 0 Å². The average molecular weight is 261 g/mol. The maximum atomic E-state index is 11.3. The number of fused-ring (bicyclic) bond motifs is 1. The fraction of sp³-hybridized carbons (Fsp3) is 0.562. The molecule has 104 valence electrons. The zero-order valence-corrected chi connectivity index (χ0v) is 11.9. The van der Waals surface area contributed by atoms with Crippen LogP contribution in [-0.4, -0.2) is 19.1 Å². The molecule has 19 heavy (non-hydrogen) atoms. The number of hydrogen-bond acceptors (Lipinski definition) is 3. The first-order valence-corrected chi connectivity index (χ1v) is 7.21. The van der Waals surface area contributed by atoms with Crippen LogP contribution in [0.2, 0.25) is 0 Å². The first kappa shape index (κ1) is 14.1. The molecule has 0 saturated heterocycles. The van der Waals surface area contributed by atoms with E-state index in [1.807, 2.05) is 6.92 Å². The molecule has 0 fully saturated rings. The number of hydrogen-bond donors (Lipinski definition) is 1. The third kappa shape index (κ3) is 3.80. The molecular formula is C16H23NO2. The van der Waals surface area contributed by atoms with Crippen LogP contribution in [0.4, 0.5) is 0 Å². The van der Waals surface area contributed by atoms with Crippen molar-refractivity contribution in [3.8, 4) is 0 Å². The molecule has 3 heteroatoms. The predicted molar refractivity (Wildman–Crippen MR) is 76.1 cm³/mol. The van der Waals surface area contributed by atoms with Crippen LogP contribution in [0.25, 0.3) is 0 Å². The maximum Gasteiger partial charge on any atom is 0.319 e. The Balaban J connectivity index is 1.95. The lowest BCUT2D eigenvalue weighted by Gasteiger charge is -2.19. The number of esters is 1. The second-order valence-corrected chi connectivity index (χ2v) is 5.14. The molecule has 1 aromatic carbocycles. The fourth-order valence-corrected chi connectivity index (χ4v) is 2.59.